The van der Waals surface area contributed by atoms with Crippen molar-refractivity contribution in [3.63, 3.8) is 0 Å². The number of nitrogens with zero attached hydrogens (tertiary/aromatic N) is 2. The molecular formula is C30H30F3N3O8. The Kier molecular flexibility index (Phi) is 7.21. The van der Waals surface area contributed by atoms with E-state index in [4.69, 9.17) is 5.73 Å². The van der Waals surface area contributed by atoms with Crippen LogP contribution in [0.25, 0.3) is 11.1 Å². The predicted molar refractivity (Wildman–Crippen MR) is 150 cm³/mol. The number of amides is 1. The molecule has 0 fully saturated rings. The monoisotopic (exact) mass is 617 g/mol. The van der Waals surface area contributed by atoms with Crippen LogP contribution in [0.15, 0.2) is 53.0 Å². The number of primary amides is 1. The number of phenolic OH excluding ortho intramolecular Hbond substituents is 1. The van der Waals surface area contributed by atoms with Gasteiger partial charge in [-0.15, -0.1) is 13.2 Å². The van der Waals surface area contributed by atoms with Crippen LogP contribution in [0.1, 0.15) is 22.3 Å². The van der Waals surface area contributed by atoms with Crippen molar-refractivity contribution in [1.82, 2.24) is 4.90 Å². The van der Waals surface area contributed by atoms with Gasteiger partial charge < -0.3 is 35.8 Å². The molecule has 0 spiro atoms. The fourth-order valence-electron chi connectivity index (χ4n) is 6.75. The molecule has 0 bridgehead atoms. The van der Waals surface area contributed by atoms with Crippen molar-refractivity contribution in [1.29, 1.82) is 0 Å². The number of halogens is 3. The molecule has 4 atom stereocenters. The second-order valence-corrected chi connectivity index (χ2v) is 11.6. The number of hydrogen-bond acceptors (Lipinski definition) is 10. The molecule has 11 nitrogen and oxygen atoms in total. The molecule has 3 aliphatic rings. The second kappa shape index (κ2) is 10.3. The number of aromatic hydroxyl groups is 1. The molecule has 0 aliphatic heterocycles. The third kappa shape index (κ3) is 4.56. The van der Waals surface area contributed by atoms with Gasteiger partial charge in [0.25, 0.3) is 5.91 Å². The Morgan fingerprint density at radius 1 is 1.07 bits per heavy atom. The van der Waals surface area contributed by atoms with Crippen LogP contribution >= 0.6 is 0 Å². The second-order valence-electron chi connectivity index (χ2n) is 11.6. The number of hydrogen-bond donors (Lipinski definition) is 5. The molecule has 5 rings (SSSR count). The summed E-state index contributed by atoms with van der Waals surface area (Å²) in [7, 11) is 6.47. The third-order valence-electron chi connectivity index (χ3n) is 8.58. The Hall–Kier alpha value is -4.56. The molecule has 234 valence electrons. The maximum absolute atomic E-state index is 14.1. The lowest BCUT2D eigenvalue weighted by Crippen LogP contribution is -2.63. The lowest BCUT2D eigenvalue weighted by atomic mass is 9.58. The van der Waals surface area contributed by atoms with Crippen LogP contribution in [-0.4, -0.2) is 89.0 Å². The number of ketones is 2. The maximum atomic E-state index is 14.1. The summed E-state index contributed by atoms with van der Waals surface area (Å²) in [6.45, 7) is 0. The summed E-state index contributed by atoms with van der Waals surface area (Å²) < 4.78 is 41.9. The summed E-state index contributed by atoms with van der Waals surface area (Å²) in [5.74, 6) is -8.15. The first-order valence-electron chi connectivity index (χ1n) is 13.5. The third-order valence-corrected chi connectivity index (χ3v) is 8.58. The fourth-order valence-corrected chi connectivity index (χ4v) is 6.75. The first kappa shape index (κ1) is 30.9. The van der Waals surface area contributed by atoms with Crippen molar-refractivity contribution in [2.45, 2.75) is 30.8 Å². The summed E-state index contributed by atoms with van der Waals surface area (Å²) in [5, 5.41) is 45.6. The van der Waals surface area contributed by atoms with Gasteiger partial charge in [0.2, 0.25) is 5.78 Å². The normalized spacial score (nSPS) is 25.1. The largest absolute Gasteiger partial charge is 0.573 e. The fraction of sp³-hybridized carbons (Fsp3) is 0.367. The number of allylic oxidation sites excluding steroid dienone is 1. The summed E-state index contributed by atoms with van der Waals surface area (Å²) in [4.78, 5) is 42.9. The highest BCUT2D eigenvalue weighted by Gasteiger charge is 2.63. The number of alkyl halides is 3. The molecule has 6 N–H and O–H groups in total. The van der Waals surface area contributed by atoms with E-state index in [1.54, 1.807) is 39.2 Å². The lowest BCUT2D eigenvalue weighted by molar-refractivity contribution is -0.274. The quantitative estimate of drug-likeness (QED) is 0.314. The summed E-state index contributed by atoms with van der Waals surface area (Å²) in [6, 6.07) is 5.11. The van der Waals surface area contributed by atoms with E-state index in [-0.39, 0.29) is 35.1 Å². The Morgan fingerprint density at radius 3 is 2.20 bits per heavy atom. The number of nitrogens with two attached hydrogens (primary N) is 1. The summed E-state index contributed by atoms with van der Waals surface area (Å²) in [6.07, 6.45) is -4.90. The van der Waals surface area contributed by atoms with Gasteiger partial charge in [-0.05, 0) is 62.2 Å². The van der Waals surface area contributed by atoms with Crippen LogP contribution in [0, 0.1) is 11.8 Å². The topological polar surface area (TPSA) is 174 Å². The van der Waals surface area contributed by atoms with Gasteiger partial charge in [-0.25, -0.2) is 0 Å². The van der Waals surface area contributed by atoms with E-state index in [1.165, 1.54) is 17.0 Å². The number of anilines is 1. The van der Waals surface area contributed by atoms with Crippen LogP contribution in [0.4, 0.5) is 18.9 Å². The lowest BCUT2D eigenvalue weighted by Gasteiger charge is -2.50. The first-order valence-corrected chi connectivity index (χ1v) is 13.5. The van der Waals surface area contributed by atoms with Gasteiger partial charge in [-0.2, -0.15) is 0 Å². The average Bonchev–Trinajstić information content (AvgIpc) is 2.90. The number of ether oxygens (including phenoxy) is 1. The van der Waals surface area contributed by atoms with E-state index in [1.807, 2.05) is 0 Å². The smallest absolute Gasteiger partial charge is 0.510 e. The van der Waals surface area contributed by atoms with Crippen molar-refractivity contribution < 1.29 is 52.7 Å². The highest BCUT2D eigenvalue weighted by atomic mass is 19.4. The van der Waals surface area contributed by atoms with E-state index in [2.05, 4.69) is 4.74 Å². The number of Topliss-reactive ketones (excluding diaryl/α,β-unsaturated/α-hetero) is 2. The minimum Gasteiger partial charge on any atom is -0.510 e. The minimum absolute atomic E-state index is 0.0676. The molecular weight excluding hydrogens is 587 g/mol. The number of aliphatic hydroxyl groups excluding tert-OH is 2. The Morgan fingerprint density at radius 2 is 1.68 bits per heavy atom. The van der Waals surface area contributed by atoms with E-state index in [9.17, 15) is 48.0 Å². The average molecular weight is 618 g/mol. The maximum Gasteiger partial charge on any atom is 0.573 e. The van der Waals surface area contributed by atoms with Gasteiger partial charge in [0.05, 0.1) is 11.6 Å². The molecule has 0 heterocycles. The number of likely N-dealkylation sites (N-methyl/N-ethyl adjacent to an activating group) is 1. The van der Waals surface area contributed by atoms with Crippen LogP contribution in [0.2, 0.25) is 0 Å². The molecule has 0 aromatic heterocycles. The van der Waals surface area contributed by atoms with Gasteiger partial charge in [-0.3, -0.25) is 19.3 Å². The summed E-state index contributed by atoms with van der Waals surface area (Å²) in [5.41, 5.74) is 2.38. The molecule has 0 radical (unpaired) electrons. The molecule has 2 aromatic rings. The Labute approximate surface area is 249 Å². The predicted octanol–water partition coefficient (Wildman–Crippen LogP) is 2.75. The highest BCUT2D eigenvalue weighted by molar-refractivity contribution is 6.25. The highest BCUT2D eigenvalue weighted by Crippen LogP contribution is 2.54. The Bertz CT molecular complexity index is 1660. The van der Waals surface area contributed by atoms with Crippen molar-refractivity contribution in [3.8, 4) is 22.6 Å². The van der Waals surface area contributed by atoms with Crippen LogP contribution in [0.5, 0.6) is 11.5 Å². The number of benzene rings is 2. The molecule has 1 amide bonds. The number of carbonyl (C=O) groups excluding carboxylic acids is 3. The van der Waals surface area contributed by atoms with Crippen LogP contribution in [0.3, 0.4) is 0 Å². The number of phenols is 1. The van der Waals surface area contributed by atoms with E-state index in [0.29, 0.717) is 11.3 Å². The number of rotatable bonds is 5. The molecule has 14 heteroatoms. The van der Waals surface area contributed by atoms with Gasteiger partial charge in [0, 0.05) is 36.8 Å². The van der Waals surface area contributed by atoms with Crippen LogP contribution < -0.4 is 15.4 Å². The zero-order valence-electron chi connectivity index (χ0n) is 24.1. The SMILES string of the molecule is CN(C)c1cc(-c2ccc(OC(F)(F)F)cc2)c(O)c2c1C[C@H]1C[C@H]3[C@H](N(C)C)C(O)=C(C(N)=O)C(=O)[C@@]3(O)C(O)=C1C2=O. The molecule has 3 aliphatic carbocycles. The molecule has 0 saturated heterocycles. The Balaban J connectivity index is 1.69. The first-order chi connectivity index (χ1) is 20.4. The van der Waals surface area contributed by atoms with Gasteiger partial charge in [-0.1, -0.05) is 12.1 Å². The molecule has 0 saturated carbocycles. The zero-order chi connectivity index (χ0) is 32.6. The molecule has 44 heavy (non-hydrogen) atoms. The van der Waals surface area contributed by atoms with Crippen molar-refractivity contribution in [2.24, 2.45) is 17.6 Å². The van der Waals surface area contributed by atoms with E-state index in [0.717, 1.165) is 12.1 Å². The van der Waals surface area contributed by atoms with Gasteiger partial charge >= 0.3 is 6.36 Å². The molecule has 0 unspecified atom stereocenters. The van der Waals surface area contributed by atoms with E-state index < -0.39 is 75.9 Å². The number of aliphatic hydroxyl groups is 3. The standard InChI is InChI=1S/C30H30F3N3O8/c1-35(2)18-11-15(12-5-7-14(8-6-12)44-30(31,32)33)23(37)20-16(18)9-13-10-17-22(36(3)4)25(39)21(28(34)42)27(41)29(17,43)26(40)19(13)24(20)38/h5-8,11,13,17,22,37,39-40,43H,9-10H2,1-4H3,(H2,34,42)/t13-,17-,22-,29-/m0/s1. The van der Waals surface area contributed by atoms with Crippen molar-refractivity contribution in [3.05, 3.63) is 64.1 Å². The van der Waals surface area contributed by atoms with Crippen molar-refractivity contribution in [2.75, 3.05) is 33.1 Å². The molecule has 2 aromatic carbocycles. The number of fused-ring (bicyclic) bond motifs is 3. The van der Waals surface area contributed by atoms with Gasteiger partial charge in [0.15, 0.2) is 11.4 Å². The van der Waals surface area contributed by atoms with E-state index >= 15 is 0 Å². The zero-order valence-corrected chi connectivity index (χ0v) is 24.1. The van der Waals surface area contributed by atoms with Crippen molar-refractivity contribution >= 4 is 23.2 Å². The van der Waals surface area contributed by atoms with Crippen LogP contribution in [-0.2, 0) is 16.0 Å². The van der Waals surface area contributed by atoms with Gasteiger partial charge in [0.1, 0.15) is 28.6 Å². The minimum atomic E-state index is -4.91. The summed E-state index contributed by atoms with van der Waals surface area (Å²) >= 11 is 0. The number of carbonyl (C=O) groups is 3.